The van der Waals surface area contributed by atoms with Crippen LogP contribution >= 0.6 is 0 Å². The highest BCUT2D eigenvalue weighted by atomic mass is 16.6. The maximum absolute atomic E-state index is 7.08. The van der Waals surface area contributed by atoms with Gasteiger partial charge in [-0.2, -0.15) is 0 Å². The number of anilines is 2. The Morgan fingerprint density at radius 2 is 1.15 bits per heavy atom. The lowest BCUT2D eigenvalue weighted by atomic mass is 9.70. The van der Waals surface area contributed by atoms with Crippen molar-refractivity contribution >= 4 is 16.9 Å². The van der Waals surface area contributed by atoms with Crippen molar-refractivity contribution < 1.29 is 9.47 Å². The molecule has 3 heteroatoms. The zero-order valence-electron chi connectivity index (χ0n) is 30.3. The summed E-state index contributed by atoms with van der Waals surface area (Å²) < 4.78 is 13.8. The molecule has 0 unspecified atom stereocenters. The quantitative estimate of drug-likeness (QED) is 0.183. The van der Waals surface area contributed by atoms with Gasteiger partial charge in [-0.25, -0.2) is 0 Å². The lowest BCUT2D eigenvalue weighted by molar-refractivity contribution is 0.360. The van der Waals surface area contributed by atoms with Gasteiger partial charge in [0.25, 0.3) is 0 Å². The van der Waals surface area contributed by atoms with Crippen molar-refractivity contribution in [2.24, 2.45) is 0 Å². The summed E-state index contributed by atoms with van der Waals surface area (Å²) >= 11 is 0. The molecule has 1 heterocycles. The van der Waals surface area contributed by atoms with E-state index >= 15 is 0 Å². The largest absolute Gasteiger partial charge is 0.449 e. The molecule has 3 nitrogen and oxygen atoms in total. The molecule has 0 saturated carbocycles. The molecule has 1 aliphatic heterocycles. The Balaban J connectivity index is 1.03. The van der Waals surface area contributed by atoms with Crippen molar-refractivity contribution in [3.8, 4) is 45.3 Å². The van der Waals surface area contributed by atoms with E-state index in [-0.39, 0.29) is 0 Å². The van der Waals surface area contributed by atoms with Gasteiger partial charge in [0.15, 0.2) is 23.0 Å². The van der Waals surface area contributed by atoms with E-state index in [9.17, 15) is 0 Å². The van der Waals surface area contributed by atoms with E-state index in [0.717, 1.165) is 41.3 Å². The first-order valence-electron chi connectivity index (χ1n) is 18.9. The van der Waals surface area contributed by atoms with Crippen LogP contribution in [0.3, 0.4) is 0 Å². The smallest absolute Gasteiger partial charge is 0.178 e. The lowest BCUT2D eigenvalue weighted by Crippen LogP contribution is -2.25. The van der Waals surface area contributed by atoms with Crippen LogP contribution in [0.5, 0.6) is 23.0 Å². The molecule has 0 radical (unpaired) electrons. The SMILES string of the molecule is Cc1ccc(C2=CC=C(N(c3ccccc3)c3ccc4c(c3)Oc3c(ccc5c3-c3ccccc3C53c5ccccc5-c5ccccc53)O4)CC2)cc1C. The standard InChI is InChI=1S/C51H37NO2/c1-32-20-21-35(30-33(32)2)34-22-24-37(25-23-34)52(36-12-4-3-5-13-36)38-26-28-46-48(31-38)54-50-47(53-46)29-27-45-49(50)41-16-8-11-19-44(41)51(45)42-17-9-6-14-39(42)40-15-7-10-18-43(40)51/h3-22,24,26-31H,23,25H2,1-2H3. The normalized spacial score (nSPS) is 15.0. The molecule has 0 saturated heterocycles. The maximum Gasteiger partial charge on any atom is 0.178 e. The molecule has 1 spiro atoms. The summed E-state index contributed by atoms with van der Waals surface area (Å²) in [7, 11) is 0. The molecule has 258 valence electrons. The fraction of sp³-hybridized carbons (Fsp3) is 0.0980. The molecule has 54 heavy (non-hydrogen) atoms. The minimum atomic E-state index is -0.444. The molecule has 3 aliphatic carbocycles. The predicted molar refractivity (Wildman–Crippen MR) is 219 cm³/mol. The number of hydrogen-bond donors (Lipinski definition) is 0. The second-order valence-corrected chi connectivity index (χ2v) is 14.9. The maximum atomic E-state index is 7.08. The zero-order chi connectivity index (χ0) is 36.0. The highest BCUT2D eigenvalue weighted by molar-refractivity contribution is 5.97. The van der Waals surface area contributed by atoms with Crippen LogP contribution in [-0.2, 0) is 5.41 Å². The molecule has 0 atom stereocenters. The van der Waals surface area contributed by atoms with Crippen LogP contribution in [-0.4, -0.2) is 0 Å². The Morgan fingerprint density at radius 1 is 0.481 bits per heavy atom. The van der Waals surface area contributed by atoms with E-state index in [1.807, 2.05) is 0 Å². The van der Waals surface area contributed by atoms with E-state index in [2.05, 4.69) is 183 Å². The second kappa shape index (κ2) is 11.7. The number of ether oxygens (including phenoxy) is 2. The van der Waals surface area contributed by atoms with Gasteiger partial charge in [-0.05, 0) is 124 Å². The van der Waals surface area contributed by atoms with Crippen LogP contribution < -0.4 is 14.4 Å². The third-order valence-electron chi connectivity index (χ3n) is 12.0. The van der Waals surface area contributed by atoms with Gasteiger partial charge < -0.3 is 14.4 Å². The molecule has 0 N–H and O–H groups in total. The van der Waals surface area contributed by atoms with Crippen molar-refractivity contribution in [2.45, 2.75) is 32.1 Å². The van der Waals surface area contributed by atoms with Gasteiger partial charge >= 0.3 is 0 Å². The van der Waals surface area contributed by atoms with Crippen molar-refractivity contribution in [3.05, 3.63) is 208 Å². The second-order valence-electron chi connectivity index (χ2n) is 14.9. The van der Waals surface area contributed by atoms with Gasteiger partial charge in [0.05, 0.1) is 5.41 Å². The third kappa shape index (κ3) is 4.36. The van der Waals surface area contributed by atoms with Gasteiger partial charge in [0.1, 0.15) is 0 Å². The number of rotatable bonds is 4. The summed E-state index contributed by atoms with van der Waals surface area (Å²) in [5, 5.41) is 0. The van der Waals surface area contributed by atoms with Gasteiger partial charge in [-0.15, -0.1) is 0 Å². The lowest BCUT2D eigenvalue weighted by Gasteiger charge is -2.32. The van der Waals surface area contributed by atoms with Crippen LogP contribution in [0.1, 0.15) is 51.8 Å². The molecule has 0 amide bonds. The summed E-state index contributed by atoms with van der Waals surface area (Å²) in [5.74, 6) is 2.93. The topological polar surface area (TPSA) is 21.7 Å². The molecule has 7 aromatic rings. The fourth-order valence-electron chi connectivity index (χ4n) is 9.39. The van der Waals surface area contributed by atoms with Crippen molar-refractivity contribution in [1.82, 2.24) is 0 Å². The molecule has 7 aromatic carbocycles. The number of nitrogens with zero attached hydrogens (tertiary/aromatic N) is 1. The number of hydrogen-bond acceptors (Lipinski definition) is 3. The van der Waals surface area contributed by atoms with E-state index in [1.54, 1.807) is 0 Å². The minimum absolute atomic E-state index is 0.444. The fourth-order valence-corrected chi connectivity index (χ4v) is 9.39. The average Bonchev–Trinajstić information content (AvgIpc) is 3.70. The number of benzene rings is 7. The molecular formula is C51H37NO2. The van der Waals surface area contributed by atoms with E-state index in [0.29, 0.717) is 11.5 Å². The monoisotopic (exact) mass is 695 g/mol. The number of para-hydroxylation sites is 1. The molecule has 4 aliphatic rings. The third-order valence-corrected chi connectivity index (χ3v) is 12.0. The van der Waals surface area contributed by atoms with Crippen molar-refractivity contribution in [3.63, 3.8) is 0 Å². The van der Waals surface area contributed by atoms with Crippen molar-refractivity contribution in [2.75, 3.05) is 4.90 Å². The van der Waals surface area contributed by atoms with Crippen molar-refractivity contribution in [1.29, 1.82) is 0 Å². The summed E-state index contributed by atoms with van der Waals surface area (Å²) in [4.78, 5) is 2.36. The minimum Gasteiger partial charge on any atom is -0.449 e. The number of allylic oxidation sites excluding steroid dienone is 4. The van der Waals surface area contributed by atoms with Gasteiger partial charge in [0.2, 0.25) is 0 Å². The van der Waals surface area contributed by atoms with Crippen LogP contribution in [0.2, 0.25) is 0 Å². The highest BCUT2D eigenvalue weighted by Crippen LogP contribution is 2.66. The summed E-state index contributed by atoms with van der Waals surface area (Å²) in [6.07, 6.45) is 6.46. The Kier molecular flexibility index (Phi) is 6.72. The first-order valence-corrected chi connectivity index (χ1v) is 18.9. The van der Waals surface area contributed by atoms with E-state index in [1.165, 1.54) is 66.9 Å². The van der Waals surface area contributed by atoms with E-state index < -0.39 is 5.41 Å². The van der Waals surface area contributed by atoms with Gasteiger partial charge in [-0.3, -0.25) is 0 Å². The number of aryl methyl sites for hydroxylation is 2. The first kappa shape index (κ1) is 31.0. The summed E-state index contributed by atoms with van der Waals surface area (Å²) in [6, 6.07) is 54.8. The highest BCUT2D eigenvalue weighted by Gasteiger charge is 2.53. The number of fused-ring (bicyclic) bond motifs is 13. The Morgan fingerprint density at radius 3 is 1.85 bits per heavy atom. The molecule has 0 aromatic heterocycles. The van der Waals surface area contributed by atoms with Crippen LogP contribution in [0.4, 0.5) is 11.4 Å². The van der Waals surface area contributed by atoms with Crippen LogP contribution in [0.15, 0.2) is 170 Å². The zero-order valence-corrected chi connectivity index (χ0v) is 30.3. The summed E-state index contributed by atoms with van der Waals surface area (Å²) in [6.45, 7) is 4.37. The van der Waals surface area contributed by atoms with E-state index in [4.69, 9.17) is 9.47 Å². The molecule has 0 fully saturated rings. The van der Waals surface area contributed by atoms with Gasteiger partial charge in [-0.1, -0.05) is 121 Å². The van der Waals surface area contributed by atoms with Crippen LogP contribution in [0.25, 0.3) is 27.8 Å². The predicted octanol–water partition coefficient (Wildman–Crippen LogP) is 13.4. The van der Waals surface area contributed by atoms with Crippen LogP contribution in [0, 0.1) is 13.8 Å². The molecule has 11 rings (SSSR count). The Labute approximate surface area is 316 Å². The Bertz CT molecular complexity index is 2710. The summed E-state index contributed by atoms with van der Waals surface area (Å²) in [5.41, 5.74) is 18.2. The molecular weight excluding hydrogens is 659 g/mol. The molecule has 0 bridgehead atoms. The Hall–Kier alpha value is -6.58. The first-order chi connectivity index (χ1) is 26.6. The van der Waals surface area contributed by atoms with Gasteiger partial charge in [0, 0.05) is 28.7 Å². The average molecular weight is 696 g/mol.